The van der Waals surface area contributed by atoms with Gasteiger partial charge in [-0.15, -0.1) is 0 Å². The summed E-state index contributed by atoms with van der Waals surface area (Å²) < 4.78 is 0. The van der Waals surface area contributed by atoms with Crippen LogP contribution in [0.5, 0.6) is 0 Å². The van der Waals surface area contributed by atoms with E-state index in [1.807, 2.05) is 17.0 Å². The van der Waals surface area contributed by atoms with Crippen molar-refractivity contribution >= 4 is 5.91 Å². The predicted octanol–water partition coefficient (Wildman–Crippen LogP) is 2.66. The molecule has 3 rings (SSSR count). The smallest absolute Gasteiger partial charge is 0.259 e. The number of aromatic amines is 1. The van der Waals surface area contributed by atoms with Gasteiger partial charge < -0.3 is 9.88 Å². The molecule has 1 amide bonds. The number of amides is 1. The number of likely N-dealkylation sites (tertiary alicyclic amines) is 1. The Bertz CT molecular complexity index is 720. The Kier molecular flexibility index (Phi) is 3.60. The molecule has 1 aliphatic rings. The Morgan fingerprint density at radius 1 is 1.29 bits per heavy atom. The standard InChI is InChI=1S/C17H18N2O2/c1-12-5-2-3-6-13(12)15-7-4-10-19(15)17(21)14-11-18-9-8-16(14)20/h2-3,5-6,8-9,11,15H,4,7,10H2,1H3,(H,18,20). The Morgan fingerprint density at radius 3 is 2.86 bits per heavy atom. The minimum atomic E-state index is -0.228. The summed E-state index contributed by atoms with van der Waals surface area (Å²) in [6, 6.07) is 9.59. The number of aromatic nitrogens is 1. The number of nitrogens with zero attached hydrogens (tertiary/aromatic N) is 1. The molecule has 1 saturated heterocycles. The number of H-pyrrole nitrogens is 1. The molecular formula is C17H18N2O2. The Labute approximate surface area is 123 Å². The minimum absolute atomic E-state index is 0.0679. The van der Waals surface area contributed by atoms with E-state index >= 15 is 0 Å². The SMILES string of the molecule is Cc1ccccc1C1CCCN1C(=O)c1c[nH]ccc1=O. The molecule has 0 radical (unpaired) electrons. The van der Waals surface area contributed by atoms with E-state index in [-0.39, 0.29) is 22.9 Å². The number of rotatable bonds is 2. The fourth-order valence-corrected chi connectivity index (χ4v) is 3.03. The number of carbonyl (C=O) groups excluding carboxylic acids is 1. The number of hydrogen-bond donors (Lipinski definition) is 1. The molecule has 1 aromatic carbocycles. The van der Waals surface area contributed by atoms with E-state index in [1.54, 1.807) is 6.20 Å². The molecule has 1 aliphatic heterocycles. The number of benzene rings is 1. The Hall–Kier alpha value is -2.36. The van der Waals surface area contributed by atoms with Crippen LogP contribution < -0.4 is 5.43 Å². The van der Waals surface area contributed by atoms with E-state index in [2.05, 4.69) is 24.0 Å². The van der Waals surface area contributed by atoms with Crippen LogP contribution in [-0.2, 0) is 0 Å². The summed E-state index contributed by atoms with van der Waals surface area (Å²) in [5, 5.41) is 0. The minimum Gasteiger partial charge on any atom is -0.367 e. The number of aryl methyl sites for hydroxylation is 1. The summed E-state index contributed by atoms with van der Waals surface area (Å²) in [4.78, 5) is 29.2. The highest BCUT2D eigenvalue weighted by Gasteiger charge is 2.32. The maximum atomic E-state index is 12.7. The van der Waals surface area contributed by atoms with Gasteiger partial charge in [-0.05, 0) is 30.9 Å². The summed E-state index contributed by atoms with van der Waals surface area (Å²) in [6.07, 6.45) is 4.95. The average molecular weight is 282 g/mol. The van der Waals surface area contributed by atoms with Gasteiger partial charge in [0.1, 0.15) is 5.56 Å². The van der Waals surface area contributed by atoms with Crippen LogP contribution in [0.25, 0.3) is 0 Å². The van der Waals surface area contributed by atoms with Gasteiger partial charge in [-0.1, -0.05) is 24.3 Å². The second kappa shape index (κ2) is 5.56. The second-order valence-corrected chi connectivity index (χ2v) is 5.44. The first-order chi connectivity index (χ1) is 10.2. The first-order valence-corrected chi connectivity index (χ1v) is 7.22. The molecule has 0 bridgehead atoms. The normalized spacial score (nSPS) is 18.0. The van der Waals surface area contributed by atoms with E-state index in [4.69, 9.17) is 0 Å². The third-order valence-electron chi connectivity index (χ3n) is 4.12. The van der Waals surface area contributed by atoms with E-state index in [0.717, 1.165) is 12.8 Å². The molecule has 0 aliphatic carbocycles. The monoisotopic (exact) mass is 282 g/mol. The third kappa shape index (κ3) is 2.49. The zero-order valence-electron chi connectivity index (χ0n) is 12.0. The van der Waals surface area contributed by atoms with Crippen molar-refractivity contribution in [1.29, 1.82) is 0 Å². The van der Waals surface area contributed by atoms with E-state index in [1.165, 1.54) is 23.4 Å². The van der Waals surface area contributed by atoms with Crippen LogP contribution in [-0.4, -0.2) is 22.3 Å². The maximum absolute atomic E-state index is 12.7. The van der Waals surface area contributed by atoms with Crippen molar-refractivity contribution in [3.8, 4) is 0 Å². The van der Waals surface area contributed by atoms with Crippen LogP contribution in [0.1, 0.15) is 40.4 Å². The first kappa shape index (κ1) is 13.6. The van der Waals surface area contributed by atoms with Gasteiger partial charge in [0.15, 0.2) is 5.43 Å². The summed E-state index contributed by atoms with van der Waals surface area (Å²) in [6.45, 7) is 2.76. The number of hydrogen-bond acceptors (Lipinski definition) is 2. The van der Waals surface area contributed by atoms with Gasteiger partial charge >= 0.3 is 0 Å². The molecule has 108 valence electrons. The van der Waals surface area contributed by atoms with Crippen molar-refractivity contribution in [2.24, 2.45) is 0 Å². The van der Waals surface area contributed by atoms with E-state index in [0.29, 0.717) is 6.54 Å². The molecule has 4 nitrogen and oxygen atoms in total. The van der Waals surface area contributed by atoms with Gasteiger partial charge in [0, 0.05) is 25.0 Å². The number of pyridine rings is 1. The van der Waals surface area contributed by atoms with Crippen LogP contribution in [0.15, 0.2) is 47.5 Å². The maximum Gasteiger partial charge on any atom is 0.259 e. The fraction of sp³-hybridized carbons (Fsp3) is 0.294. The van der Waals surface area contributed by atoms with E-state index < -0.39 is 0 Å². The molecule has 0 spiro atoms. The number of nitrogens with one attached hydrogen (secondary N) is 1. The second-order valence-electron chi connectivity index (χ2n) is 5.44. The zero-order chi connectivity index (χ0) is 14.8. The van der Waals surface area contributed by atoms with Gasteiger partial charge in [-0.25, -0.2) is 0 Å². The Balaban J connectivity index is 1.95. The third-order valence-corrected chi connectivity index (χ3v) is 4.12. The van der Waals surface area contributed by atoms with Crippen LogP contribution in [0.4, 0.5) is 0 Å². The Morgan fingerprint density at radius 2 is 2.10 bits per heavy atom. The molecule has 1 aromatic heterocycles. The van der Waals surface area contributed by atoms with Crippen molar-refractivity contribution in [3.05, 3.63) is 69.6 Å². The fourth-order valence-electron chi connectivity index (χ4n) is 3.03. The number of carbonyl (C=O) groups is 1. The highest BCUT2D eigenvalue weighted by Crippen LogP contribution is 2.34. The van der Waals surface area contributed by atoms with Crippen molar-refractivity contribution in [3.63, 3.8) is 0 Å². The lowest BCUT2D eigenvalue weighted by Gasteiger charge is -2.26. The summed E-state index contributed by atoms with van der Waals surface area (Å²) in [5.41, 5.74) is 2.35. The van der Waals surface area contributed by atoms with Crippen molar-refractivity contribution in [1.82, 2.24) is 9.88 Å². The molecular weight excluding hydrogens is 264 g/mol. The van der Waals surface area contributed by atoms with Crippen LogP contribution in [0, 0.1) is 6.92 Å². The van der Waals surface area contributed by atoms with Gasteiger partial charge in [-0.3, -0.25) is 9.59 Å². The lowest BCUT2D eigenvalue weighted by atomic mass is 9.99. The van der Waals surface area contributed by atoms with Gasteiger partial charge in [-0.2, -0.15) is 0 Å². The summed E-state index contributed by atoms with van der Waals surface area (Å²) >= 11 is 0. The van der Waals surface area contributed by atoms with Crippen LogP contribution in [0.3, 0.4) is 0 Å². The largest absolute Gasteiger partial charge is 0.367 e. The molecule has 1 unspecified atom stereocenters. The molecule has 2 heterocycles. The molecule has 2 aromatic rings. The highest BCUT2D eigenvalue weighted by atomic mass is 16.2. The van der Waals surface area contributed by atoms with E-state index in [9.17, 15) is 9.59 Å². The van der Waals surface area contributed by atoms with Gasteiger partial charge in [0.2, 0.25) is 0 Å². The van der Waals surface area contributed by atoms with Crippen molar-refractivity contribution in [2.45, 2.75) is 25.8 Å². The quantitative estimate of drug-likeness (QED) is 0.920. The summed E-state index contributed by atoms with van der Waals surface area (Å²) in [7, 11) is 0. The first-order valence-electron chi connectivity index (χ1n) is 7.22. The molecule has 1 atom stereocenters. The molecule has 4 heteroatoms. The van der Waals surface area contributed by atoms with Gasteiger partial charge in [0.05, 0.1) is 6.04 Å². The van der Waals surface area contributed by atoms with Crippen LogP contribution in [0.2, 0.25) is 0 Å². The summed E-state index contributed by atoms with van der Waals surface area (Å²) in [5.74, 6) is -0.178. The lowest BCUT2D eigenvalue weighted by molar-refractivity contribution is 0.0733. The topological polar surface area (TPSA) is 53.2 Å². The molecule has 1 fully saturated rings. The highest BCUT2D eigenvalue weighted by molar-refractivity contribution is 5.94. The predicted molar refractivity (Wildman–Crippen MR) is 81.3 cm³/mol. The average Bonchev–Trinajstić information content (AvgIpc) is 2.97. The van der Waals surface area contributed by atoms with Crippen LogP contribution >= 0.6 is 0 Å². The van der Waals surface area contributed by atoms with Crippen molar-refractivity contribution in [2.75, 3.05) is 6.54 Å². The van der Waals surface area contributed by atoms with Gasteiger partial charge in [0.25, 0.3) is 5.91 Å². The van der Waals surface area contributed by atoms with Crippen molar-refractivity contribution < 1.29 is 4.79 Å². The molecule has 21 heavy (non-hydrogen) atoms. The zero-order valence-corrected chi connectivity index (χ0v) is 12.0. The molecule has 1 N–H and O–H groups in total. The molecule has 0 saturated carbocycles. The lowest BCUT2D eigenvalue weighted by Crippen LogP contribution is -2.34.